The lowest BCUT2D eigenvalue weighted by Crippen LogP contribution is -2.36. The molecule has 1 amide bonds. The van der Waals surface area contributed by atoms with E-state index in [0.29, 0.717) is 0 Å². The van der Waals surface area contributed by atoms with Gasteiger partial charge in [0.25, 0.3) is 0 Å². The fourth-order valence-corrected chi connectivity index (χ4v) is 1.62. The first-order chi connectivity index (χ1) is 8.48. The summed E-state index contributed by atoms with van der Waals surface area (Å²) < 4.78 is 5.21. The van der Waals surface area contributed by atoms with Crippen LogP contribution in [0.25, 0.3) is 0 Å². The largest absolute Gasteiger partial charge is 0.394 e. The topological polar surface area (TPSA) is 58.6 Å². The van der Waals surface area contributed by atoms with E-state index in [4.69, 9.17) is 4.74 Å². The number of nitrogens with one attached hydrogen (secondary N) is 1. The minimum Gasteiger partial charge on any atom is -0.394 e. The van der Waals surface area contributed by atoms with Crippen molar-refractivity contribution >= 4 is 5.91 Å². The Morgan fingerprint density at radius 3 is 2.50 bits per heavy atom. The zero-order valence-corrected chi connectivity index (χ0v) is 11.1. The molecule has 1 unspecified atom stereocenters. The third-order valence-corrected chi connectivity index (χ3v) is 2.86. The van der Waals surface area contributed by atoms with Crippen LogP contribution in [0.3, 0.4) is 0 Å². The molecule has 0 aromatic heterocycles. The summed E-state index contributed by atoms with van der Waals surface area (Å²) in [7, 11) is 1.58. The number of carbonyl (C=O) groups excluding carboxylic acids is 1. The van der Waals surface area contributed by atoms with Gasteiger partial charge < -0.3 is 15.2 Å². The number of hydrogen-bond donors (Lipinski definition) is 2. The van der Waals surface area contributed by atoms with E-state index in [2.05, 4.69) is 5.32 Å². The molecule has 18 heavy (non-hydrogen) atoms. The van der Waals surface area contributed by atoms with Crippen LogP contribution in [0.5, 0.6) is 0 Å². The maximum absolute atomic E-state index is 11.9. The zero-order valence-electron chi connectivity index (χ0n) is 11.1. The van der Waals surface area contributed by atoms with E-state index in [1.165, 1.54) is 0 Å². The highest BCUT2D eigenvalue weighted by molar-refractivity contribution is 5.77. The molecule has 0 heterocycles. The van der Waals surface area contributed by atoms with E-state index in [9.17, 15) is 9.90 Å². The van der Waals surface area contributed by atoms with Gasteiger partial charge in [0.2, 0.25) is 5.91 Å². The monoisotopic (exact) mass is 251 g/mol. The molecule has 4 heteroatoms. The van der Waals surface area contributed by atoms with Crippen LogP contribution in [0.2, 0.25) is 0 Å². The highest BCUT2D eigenvalue weighted by Gasteiger charge is 2.23. The van der Waals surface area contributed by atoms with Crippen molar-refractivity contribution in [2.75, 3.05) is 13.7 Å². The van der Waals surface area contributed by atoms with Crippen LogP contribution < -0.4 is 5.32 Å². The molecule has 0 saturated heterocycles. The second-order valence-electron chi connectivity index (χ2n) is 4.85. The van der Waals surface area contributed by atoms with Crippen LogP contribution in [0, 0.1) is 0 Å². The number of aliphatic hydroxyl groups excluding tert-OH is 1. The van der Waals surface area contributed by atoms with Gasteiger partial charge in [0.05, 0.1) is 24.7 Å². The lowest BCUT2D eigenvalue weighted by molar-refractivity contribution is -0.127. The van der Waals surface area contributed by atoms with Gasteiger partial charge in [-0.3, -0.25) is 4.79 Å². The number of ether oxygens (including phenoxy) is 1. The number of benzene rings is 1. The van der Waals surface area contributed by atoms with Gasteiger partial charge in [0.15, 0.2) is 0 Å². The molecule has 100 valence electrons. The molecule has 0 aliphatic heterocycles. The maximum Gasteiger partial charge on any atom is 0.223 e. The Morgan fingerprint density at radius 2 is 2.00 bits per heavy atom. The first kappa shape index (κ1) is 14.7. The molecule has 1 rings (SSSR count). The smallest absolute Gasteiger partial charge is 0.223 e. The zero-order chi connectivity index (χ0) is 13.6. The first-order valence-electron chi connectivity index (χ1n) is 5.99. The third kappa shape index (κ3) is 4.47. The quantitative estimate of drug-likeness (QED) is 0.808. The Labute approximate surface area is 108 Å². The van der Waals surface area contributed by atoms with Crippen LogP contribution in [-0.2, 0) is 9.53 Å². The molecule has 0 saturated carbocycles. The van der Waals surface area contributed by atoms with Crippen molar-refractivity contribution in [3.63, 3.8) is 0 Å². The number of hydrogen-bond acceptors (Lipinski definition) is 3. The number of rotatable bonds is 6. The number of methoxy groups -OCH3 is 1. The van der Waals surface area contributed by atoms with E-state index in [-0.39, 0.29) is 25.0 Å². The van der Waals surface area contributed by atoms with Crippen molar-refractivity contribution in [2.45, 2.75) is 31.9 Å². The lowest BCUT2D eigenvalue weighted by atomic mass is 10.0. The van der Waals surface area contributed by atoms with E-state index in [1.54, 1.807) is 7.11 Å². The third-order valence-electron chi connectivity index (χ3n) is 2.86. The Kier molecular flexibility index (Phi) is 5.31. The normalized spacial score (nSPS) is 13.1. The summed E-state index contributed by atoms with van der Waals surface area (Å²) in [6, 6.07) is 9.04. The molecule has 0 fully saturated rings. The fraction of sp³-hybridized carbons (Fsp3) is 0.500. The maximum atomic E-state index is 11.9. The summed E-state index contributed by atoms with van der Waals surface area (Å²) >= 11 is 0. The van der Waals surface area contributed by atoms with Gasteiger partial charge in [0, 0.05) is 7.11 Å². The molecule has 0 radical (unpaired) electrons. The Balaban J connectivity index is 2.62. The summed E-state index contributed by atoms with van der Waals surface area (Å²) in [6.45, 7) is 3.58. The average molecular weight is 251 g/mol. The Morgan fingerprint density at radius 1 is 1.39 bits per heavy atom. The Bertz CT molecular complexity index is 376. The van der Waals surface area contributed by atoms with Crippen LogP contribution in [0.4, 0.5) is 0 Å². The summed E-state index contributed by atoms with van der Waals surface area (Å²) in [5.74, 6) is -0.134. The first-order valence-corrected chi connectivity index (χ1v) is 5.99. The van der Waals surface area contributed by atoms with Gasteiger partial charge in [0.1, 0.15) is 0 Å². The second-order valence-corrected chi connectivity index (χ2v) is 4.85. The molecule has 2 N–H and O–H groups in total. The summed E-state index contributed by atoms with van der Waals surface area (Å²) in [5.41, 5.74) is 0.393. The number of carbonyl (C=O) groups is 1. The fourth-order valence-electron chi connectivity index (χ4n) is 1.62. The number of aliphatic hydroxyl groups is 1. The van der Waals surface area contributed by atoms with Crippen molar-refractivity contribution in [2.24, 2.45) is 0 Å². The van der Waals surface area contributed by atoms with Crippen LogP contribution in [-0.4, -0.2) is 30.3 Å². The van der Waals surface area contributed by atoms with E-state index >= 15 is 0 Å². The van der Waals surface area contributed by atoms with Crippen molar-refractivity contribution in [1.29, 1.82) is 0 Å². The predicted octanol–water partition coefficient (Wildman–Crippen LogP) is 1.65. The van der Waals surface area contributed by atoms with Crippen molar-refractivity contribution in [3.05, 3.63) is 35.9 Å². The molecule has 0 bridgehead atoms. The minimum absolute atomic E-state index is 0.122. The highest BCUT2D eigenvalue weighted by Crippen LogP contribution is 2.15. The highest BCUT2D eigenvalue weighted by atomic mass is 16.5. The van der Waals surface area contributed by atoms with Gasteiger partial charge in [-0.25, -0.2) is 0 Å². The molecule has 4 nitrogen and oxygen atoms in total. The van der Waals surface area contributed by atoms with Gasteiger partial charge in [-0.1, -0.05) is 30.3 Å². The molecular weight excluding hydrogens is 230 g/mol. The molecule has 0 spiro atoms. The average Bonchev–Trinajstić information content (AvgIpc) is 2.36. The van der Waals surface area contributed by atoms with Gasteiger partial charge in [-0.05, 0) is 19.4 Å². The van der Waals surface area contributed by atoms with E-state index in [0.717, 1.165) is 5.56 Å². The van der Waals surface area contributed by atoms with Gasteiger partial charge in [-0.2, -0.15) is 0 Å². The van der Waals surface area contributed by atoms with Crippen molar-refractivity contribution < 1.29 is 14.6 Å². The molecule has 1 aromatic rings. The van der Waals surface area contributed by atoms with Gasteiger partial charge >= 0.3 is 0 Å². The van der Waals surface area contributed by atoms with Crippen molar-refractivity contribution in [1.82, 2.24) is 5.32 Å². The lowest BCUT2D eigenvalue weighted by Gasteiger charge is -2.24. The van der Waals surface area contributed by atoms with E-state index in [1.807, 2.05) is 44.2 Å². The SMILES string of the molecule is COC(C)(C)CC(=O)NC(CO)c1ccccc1. The van der Waals surface area contributed by atoms with Crippen LogP contribution >= 0.6 is 0 Å². The Hall–Kier alpha value is -1.39. The second kappa shape index (κ2) is 6.52. The summed E-state index contributed by atoms with van der Waals surface area (Å²) in [4.78, 5) is 11.9. The van der Waals surface area contributed by atoms with E-state index < -0.39 is 5.60 Å². The van der Waals surface area contributed by atoms with Crippen molar-refractivity contribution in [3.8, 4) is 0 Å². The molecule has 0 aliphatic carbocycles. The molecular formula is C14H21NO3. The summed E-state index contributed by atoms with van der Waals surface area (Å²) in [6.07, 6.45) is 0.257. The predicted molar refractivity (Wildman–Crippen MR) is 70.1 cm³/mol. The number of amides is 1. The molecule has 1 aromatic carbocycles. The molecule has 1 atom stereocenters. The standard InChI is InChI=1S/C14H21NO3/c1-14(2,18-3)9-13(17)15-12(10-16)11-7-5-4-6-8-11/h4-8,12,16H,9-10H2,1-3H3,(H,15,17). The minimum atomic E-state index is -0.499. The summed E-state index contributed by atoms with van der Waals surface area (Å²) in [5, 5.41) is 12.1. The molecule has 0 aliphatic rings. The van der Waals surface area contributed by atoms with Gasteiger partial charge in [-0.15, -0.1) is 0 Å². The van der Waals surface area contributed by atoms with Crippen LogP contribution in [0.1, 0.15) is 31.9 Å². The van der Waals surface area contributed by atoms with Crippen LogP contribution in [0.15, 0.2) is 30.3 Å².